The van der Waals surface area contributed by atoms with Gasteiger partial charge in [0.1, 0.15) is 11.2 Å². The smallest absolute Gasteiger partial charge is 0.253 e. The fraction of sp³-hybridized carbons (Fsp3) is 0.294. The second-order valence-corrected chi connectivity index (χ2v) is 7.65. The van der Waals surface area contributed by atoms with E-state index in [0.717, 1.165) is 6.07 Å². The summed E-state index contributed by atoms with van der Waals surface area (Å²) in [6, 6.07) is 1.39. The first kappa shape index (κ1) is 19.5. The predicted molar refractivity (Wildman–Crippen MR) is 106 cm³/mol. The maximum Gasteiger partial charge on any atom is 0.253 e. The lowest BCUT2D eigenvalue weighted by atomic mass is 9.89. The van der Waals surface area contributed by atoms with Crippen LogP contribution in [0.15, 0.2) is 39.4 Å². The average Bonchev–Trinajstić information content (AvgIpc) is 2.82. The van der Waals surface area contributed by atoms with Gasteiger partial charge in [0.15, 0.2) is 16.8 Å². The fourth-order valence-corrected chi connectivity index (χ4v) is 3.81. The number of hydrogen-bond acceptors (Lipinski definition) is 6. The van der Waals surface area contributed by atoms with E-state index in [9.17, 15) is 13.6 Å². The normalized spacial score (nSPS) is 24.8. The molecule has 3 N–H and O–H groups in total. The van der Waals surface area contributed by atoms with Gasteiger partial charge in [0.25, 0.3) is 5.91 Å². The van der Waals surface area contributed by atoms with Crippen LogP contribution in [0.1, 0.15) is 18.9 Å². The summed E-state index contributed by atoms with van der Waals surface area (Å²) in [5.74, 6) is -1.99. The SMILES string of the molecule is CC1(c2cc(NC(=O)C3C=CN=C(Cl)C=N3)cc(F)c2F)CCSC(N)=N1. The van der Waals surface area contributed by atoms with Crippen molar-refractivity contribution in [2.24, 2.45) is 20.7 Å². The highest BCUT2D eigenvalue weighted by molar-refractivity contribution is 8.13. The molecule has 6 nitrogen and oxygen atoms in total. The number of carbonyl (C=O) groups is 1. The van der Waals surface area contributed by atoms with Crippen molar-refractivity contribution in [3.05, 3.63) is 41.6 Å². The van der Waals surface area contributed by atoms with Crippen LogP contribution < -0.4 is 11.1 Å². The largest absolute Gasteiger partial charge is 0.379 e. The predicted octanol–water partition coefficient (Wildman–Crippen LogP) is 3.17. The number of amides is 1. The van der Waals surface area contributed by atoms with E-state index < -0.39 is 29.1 Å². The minimum Gasteiger partial charge on any atom is -0.379 e. The molecular weight excluding hydrogens is 396 g/mol. The Morgan fingerprint density at radius 3 is 2.96 bits per heavy atom. The summed E-state index contributed by atoms with van der Waals surface area (Å²) >= 11 is 7.08. The van der Waals surface area contributed by atoms with Gasteiger partial charge in [0.05, 0.1) is 11.8 Å². The maximum absolute atomic E-state index is 14.5. The number of aliphatic imine (C=N–C) groups is 3. The molecule has 2 aliphatic rings. The molecule has 0 aliphatic carbocycles. The molecule has 2 aliphatic heterocycles. The molecule has 10 heteroatoms. The van der Waals surface area contributed by atoms with Gasteiger partial charge in [0.2, 0.25) is 0 Å². The lowest BCUT2D eigenvalue weighted by molar-refractivity contribution is -0.116. The van der Waals surface area contributed by atoms with Crippen molar-refractivity contribution in [3.63, 3.8) is 0 Å². The maximum atomic E-state index is 14.5. The van der Waals surface area contributed by atoms with Crippen molar-refractivity contribution in [1.82, 2.24) is 0 Å². The molecule has 1 amide bonds. The van der Waals surface area contributed by atoms with Crippen molar-refractivity contribution in [1.29, 1.82) is 0 Å². The highest BCUT2D eigenvalue weighted by Gasteiger charge is 2.34. The van der Waals surface area contributed by atoms with Crippen LogP contribution in [0, 0.1) is 11.6 Å². The zero-order valence-corrected chi connectivity index (χ0v) is 15.8. The number of nitrogens with two attached hydrogens (primary N) is 1. The molecule has 2 heterocycles. The summed E-state index contributed by atoms with van der Waals surface area (Å²) < 4.78 is 28.6. The van der Waals surface area contributed by atoms with Crippen LogP contribution in [0.2, 0.25) is 0 Å². The fourth-order valence-electron chi connectivity index (χ4n) is 2.73. The Balaban J connectivity index is 1.89. The van der Waals surface area contributed by atoms with Gasteiger partial charge in [-0.05, 0) is 25.5 Å². The zero-order chi connectivity index (χ0) is 19.6. The zero-order valence-electron chi connectivity index (χ0n) is 14.2. The van der Waals surface area contributed by atoms with Gasteiger partial charge in [-0.1, -0.05) is 23.4 Å². The number of halogens is 3. The van der Waals surface area contributed by atoms with Crippen molar-refractivity contribution in [2.45, 2.75) is 24.9 Å². The van der Waals surface area contributed by atoms with E-state index in [1.54, 1.807) is 6.92 Å². The van der Waals surface area contributed by atoms with Crippen LogP contribution in [-0.2, 0) is 10.3 Å². The molecule has 2 atom stereocenters. The third kappa shape index (κ3) is 4.36. The molecule has 1 aromatic rings. The molecule has 0 fully saturated rings. The van der Waals surface area contributed by atoms with E-state index in [1.165, 1.54) is 36.3 Å². The summed E-state index contributed by atoms with van der Waals surface area (Å²) in [6.45, 7) is 1.68. The topological polar surface area (TPSA) is 92.2 Å². The number of carbonyl (C=O) groups excluding carboxylic acids is 1. The molecule has 1 aromatic carbocycles. The second kappa shape index (κ2) is 7.77. The van der Waals surface area contributed by atoms with E-state index in [4.69, 9.17) is 17.3 Å². The van der Waals surface area contributed by atoms with Gasteiger partial charge in [-0.3, -0.25) is 14.8 Å². The Morgan fingerprint density at radius 1 is 1.44 bits per heavy atom. The molecule has 0 spiro atoms. The Labute approximate surface area is 163 Å². The molecule has 27 heavy (non-hydrogen) atoms. The summed E-state index contributed by atoms with van der Waals surface area (Å²) in [5, 5.41) is 2.99. The molecule has 2 unspecified atom stereocenters. The number of benzene rings is 1. The van der Waals surface area contributed by atoms with E-state index in [1.807, 2.05) is 0 Å². The van der Waals surface area contributed by atoms with Crippen molar-refractivity contribution < 1.29 is 13.6 Å². The molecule has 142 valence electrons. The lowest BCUT2D eigenvalue weighted by Crippen LogP contribution is -2.30. The van der Waals surface area contributed by atoms with Gasteiger partial charge in [-0.2, -0.15) is 0 Å². The number of rotatable bonds is 3. The number of anilines is 1. The molecule has 0 bridgehead atoms. The van der Waals surface area contributed by atoms with Gasteiger partial charge < -0.3 is 11.1 Å². The van der Waals surface area contributed by atoms with Crippen molar-refractivity contribution in [2.75, 3.05) is 11.1 Å². The lowest BCUT2D eigenvalue weighted by Gasteiger charge is -2.30. The molecule has 0 saturated heterocycles. The number of hydrogen-bond donors (Lipinski definition) is 2. The molecule has 0 radical (unpaired) electrons. The first-order valence-electron chi connectivity index (χ1n) is 8.00. The Hall–Kier alpha value is -2.26. The highest BCUT2D eigenvalue weighted by atomic mass is 35.5. The van der Waals surface area contributed by atoms with Crippen molar-refractivity contribution >= 4 is 51.5 Å². The van der Waals surface area contributed by atoms with Crippen LogP contribution in [-0.4, -0.2) is 34.3 Å². The van der Waals surface area contributed by atoms with E-state index in [0.29, 0.717) is 17.3 Å². The number of nitrogens with one attached hydrogen (secondary N) is 1. The average molecular weight is 412 g/mol. The number of nitrogens with zero attached hydrogens (tertiary/aromatic N) is 3. The van der Waals surface area contributed by atoms with Crippen LogP contribution >= 0.6 is 23.4 Å². The minimum absolute atomic E-state index is 0.0346. The number of thioether (sulfide) groups is 1. The molecule has 0 aromatic heterocycles. The molecule has 0 saturated carbocycles. The van der Waals surface area contributed by atoms with E-state index in [2.05, 4.69) is 20.3 Å². The summed E-state index contributed by atoms with van der Waals surface area (Å²) in [4.78, 5) is 24.5. The van der Waals surface area contributed by atoms with Crippen LogP contribution in [0.5, 0.6) is 0 Å². The summed E-state index contributed by atoms with van der Waals surface area (Å²) in [7, 11) is 0. The first-order valence-corrected chi connectivity index (χ1v) is 9.36. The molecule has 3 rings (SSSR count). The van der Waals surface area contributed by atoms with E-state index in [-0.39, 0.29) is 16.4 Å². The Bertz CT molecular complexity index is 902. The van der Waals surface area contributed by atoms with E-state index >= 15 is 0 Å². The third-order valence-electron chi connectivity index (χ3n) is 4.15. The third-order valence-corrected chi connectivity index (χ3v) is 5.14. The van der Waals surface area contributed by atoms with Crippen molar-refractivity contribution in [3.8, 4) is 0 Å². The van der Waals surface area contributed by atoms with Gasteiger partial charge >= 0.3 is 0 Å². The minimum atomic E-state index is -1.08. The van der Waals surface area contributed by atoms with Crippen LogP contribution in [0.4, 0.5) is 14.5 Å². The quantitative estimate of drug-likeness (QED) is 0.800. The van der Waals surface area contributed by atoms with Gasteiger partial charge in [0, 0.05) is 29.3 Å². The first-order chi connectivity index (χ1) is 12.8. The standard InChI is InChI=1S/C17H16ClF2N5OS/c1-17(3-5-27-16(21)25-17)10-6-9(7-11(19)14(10)20)24-15(26)12-2-4-22-13(18)8-23-12/h2,4,6-8,12H,3,5H2,1H3,(H2,21,25)(H,24,26). The van der Waals surface area contributed by atoms with Crippen LogP contribution in [0.3, 0.4) is 0 Å². The van der Waals surface area contributed by atoms with Gasteiger partial charge in [-0.25, -0.2) is 13.8 Å². The summed E-state index contributed by atoms with van der Waals surface area (Å²) in [5.41, 5.74) is 4.88. The van der Waals surface area contributed by atoms with Gasteiger partial charge in [-0.15, -0.1) is 0 Å². The number of amidine groups is 1. The Kier molecular flexibility index (Phi) is 5.61. The Morgan fingerprint density at radius 2 is 2.22 bits per heavy atom. The second-order valence-electron chi connectivity index (χ2n) is 6.15. The monoisotopic (exact) mass is 411 g/mol. The molecular formula is C17H16ClF2N5OS. The highest BCUT2D eigenvalue weighted by Crippen LogP contribution is 2.38. The summed E-state index contributed by atoms with van der Waals surface area (Å²) in [6.07, 6.45) is 4.53. The van der Waals surface area contributed by atoms with Crippen LogP contribution in [0.25, 0.3) is 0 Å².